The molecule has 1 N–H and O–H groups in total. The van der Waals surface area contributed by atoms with Gasteiger partial charge in [0.2, 0.25) is 0 Å². The van der Waals surface area contributed by atoms with E-state index in [0.29, 0.717) is 0 Å². The van der Waals surface area contributed by atoms with Gasteiger partial charge < -0.3 is 30.3 Å². The largest absolute Gasteiger partial charge is 0.512 e. The minimum atomic E-state index is -1.06. The van der Waals surface area contributed by atoms with Crippen LogP contribution in [0.1, 0.15) is 0 Å². The number of H-pyrrole nitrogens is 1. The Balaban J connectivity index is 2.81. The van der Waals surface area contributed by atoms with E-state index in [1.807, 2.05) is 4.98 Å². The Morgan fingerprint density at radius 3 is 2.06 bits per heavy atom. The van der Waals surface area contributed by atoms with Gasteiger partial charge >= 0.3 is 23.4 Å². The van der Waals surface area contributed by atoms with Crippen molar-refractivity contribution in [2.24, 2.45) is 0 Å². The van der Waals surface area contributed by atoms with Gasteiger partial charge in [-0.3, -0.25) is 0 Å². The van der Waals surface area contributed by atoms with E-state index in [1.165, 1.54) is 0 Å². The smallest absolute Gasteiger partial charge is 0.390 e. The molecule has 0 atom stereocenters. The molecule has 0 fully saturated rings. The summed E-state index contributed by atoms with van der Waals surface area (Å²) in [6, 6.07) is 0. The molecule has 92 valence electrons. The second-order valence-corrected chi connectivity index (χ2v) is 2.88. The molecule has 0 spiro atoms. The van der Waals surface area contributed by atoms with Crippen molar-refractivity contribution < 1.29 is 14.8 Å². The van der Waals surface area contributed by atoms with Crippen molar-refractivity contribution in [3.05, 3.63) is 30.3 Å². The maximum Gasteiger partial charge on any atom is 0.512 e. The lowest BCUT2D eigenvalue weighted by Gasteiger charge is -1.91. The van der Waals surface area contributed by atoms with Crippen molar-refractivity contribution in [3.8, 4) is 0 Å². The molecule has 18 heavy (non-hydrogen) atoms. The Labute approximate surface area is 94.9 Å². The van der Waals surface area contributed by atoms with Gasteiger partial charge in [0.1, 0.15) is 0 Å². The average Bonchev–Trinajstić information content (AvgIpc) is 2.70. The van der Waals surface area contributed by atoms with Crippen molar-refractivity contribution in [2.45, 2.75) is 0 Å². The molecule has 0 saturated heterocycles. The summed E-state index contributed by atoms with van der Waals surface area (Å²) in [6.45, 7) is 0. The number of aromatic nitrogens is 4. The number of hydrogen-bond donors (Lipinski definition) is 1. The fourth-order valence-corrected chi connectivity index (χ4v) is 1.16. The van der Waals surface area contributed by atoms with Gasteiger partial charge in [-0.2, -0.15) is 0 Å². The van der Waals surface area contributed by atoms with E-state index in [9.17, 15) is 30.3 Å². The van der Waals surface area contributed by atoms with Crippen LogP contribution >= 0.6 is 0 Å². The molecular weight excluding hydrogens is 254 g/mol. The summed E-state index contributed by atoms with van der Waals surface area (Å²) in [7, 11) is 0. The second kappa shape index (κ2) is 3.65. The van der Waals surface area contributed by atoms with Crippen molar-refractivity contribution >= 4 is 28.9 Å². The number of rotatable bonds is 3. The lowest BCUT2D eigenvalue weighted by Crippen LogP contribution is -2.01. The third-order valence-corrected chi connectivity index (χ3v) is 1.82. The van der Waals surface area contributed by atoms with Crippen LogP contribution in [0.2, 0.25) is 0 Å². The minimum absolute atomic E-state index is 0.447. The van der Waals surface area contributed by atoms with Gasteiger partial charge in [0.15, 0.2) is 0 Å². The highest BCUT2D eigenvalue weighted by atomic mass is 16.6. The SMILES string of the molecule is O=[N+]([O-])c1nc([N+](=O)[O-])c2[nH]c([N+](=O)[O-])nc2n1. The summed E-state index contributed by atoms with van der Waals surface area (Å²) in [6.07, 6.45) is 0. The molecule has 0 bridgehead atoms. The van der Waals surface area contributed by atoms with Gasteiger partial charge in [0.05, 0.1) is 0 Å². The molecule has 0 saturated carbocycles. The van der Waals surface area contributed by atoms with E-state index in [4.69, 9.17) is 0 Å². The summed E-state index contributed by atoms with van der Waals surface area (Å²) < 4.78 is 0. The third-order valence-electron chi connectivity index (χ3n) is 1.82. The summed E-state index contributed by atoms with van der Waals surface area (Å²) in [4.78, 5) is 40.1. The molecule has 0 amide bonds. The van der Waals surface area contributed by atoms with E-state index in [1.54, 1.807) is 0 Å². The highest BCUT2D eigenvalue weighted by Gasteiger charge is 2.32. The predicted octanol–water partition coefficient (Wildman–Crippen LogP) is 0.0775. The minimum Gasteiger partial charge on any atom is -0.390 e. The second-order valence-electron chi connectivity index (χ2n) is 2.88. The maximum atomic E-state index is 10.6. The number of nitrogens with zero attached hydrogens (tertiary/aromatic N) is 6. The van der Waals surface area contributed by atoms with Gasteiger partial charge in [0.25, 0.3) is 5.52 Å². The zero-order valence-electron chi connectivity index (χ0n) is 8.13. The first-order valence-electron chi connectivity index (χ1n) is 4.11. The van der Waals surface area contributed by atoms with Gasteiger partial charge in [-0.25, -0.2) is 4.98 Å². The number of nitrogens with one attached hydrogen (secondary N) is 1. The normalized spacial score (nSPS) is 10.4. The molecule has 0 radical (unpaired) electrons. The van der Waals surface area contributed by atoms with Crippen LogP contribution in [-0.4, -0.2) is 34.7 Å². The van der Waals surface area contributed by atoms with Crippen LogP contribution in [-0.2, 0) is 0 Å². The zero-order valence-corrected chi connectivity index (χ0v) is 8.13. The zero-order chi connectivity index (χ0) is 13.4. The molecule has 2 aromatic rings. The van der Waals surface area contributed by atoms with Crippen LogP contribution in [0.5, 0.6) is 0 Å². The number of aromatic amines is 1. The Bertz CT molecular complexity index is 691. The Hall–Kier alpha value is -3.25. The van der Waals surface area contributed by atoms with E-state index in [0.717, 1.165) is 0 Å². The molecule has 13 nitrogen and oxygen atoms in total. The monoisotopic (exact) mass is 255 g/mol. The predicted molar refractivity (Wildman–Crippen MR) is 51.6 cm³/mol. The Kier molecular flexibility index (Phi) is 2.28. The number of fused-ring (bicyclic) bond motifs is 1. The molecule has 2 rings (SSSR count). The highest BCUT2D eigenvalue weighted by molar-refractivity contribution is 5.80. The first-order valence-corrected chi connectivity index (χ1v) is 4.11. The molecule has 13 heteroatoms. The van der Waals surface area contributed by atoms with Gasteiger partial charge in [-0.1, -0.05) is 0 Å². The first-order chi connectivity index (χ1) is 8.40. The molecule has 0 aliphatic heterocycles. The quantitative estimate of drug-likeness (QED) is 0.585. The Morgan fingerprint density at radius 2 is 1.56 bits per heavy atom. The van der Waals surface area contributed by atoms with Crippen molar-refractivity contribution in [2.75, 3.05) is 0 Å². The van der Waals surface area contributed by atoms with E-state index in [2.05, 4.69) is 15.0 Å². The van der Waals surface area contributed by atoms with Crippen LogP contribution in [0.25, 0.3) is 11.2 Å². The molecule has 2 aromatic heterocycles. The lowest BCUT2D eigenvalue weighted by atomic mass is 10.5. The standard InChI is InChI=1S/C5HN7O6/c13-10(14)3-1-2(7-4(6-1)11(15)16)8-5(9-3)12(17)18/h(H,6,7,8,9). The highest BCUT2D eigenvalue weighted by Crippen LogP contribution is 2.24. The van der Waals surface area contributed by atoms with Crippen LogP contribution < -0.4 is 0 Å². The molecule has 0 aliphatic carbocycles. The summed E-state index contributed by atoms with van der Waals surface area (Å²) in [5, 5.41) is 31.5. The van der Waals surface area contributed by atoms with Crippen molar-refractivity contribution in [1.29, 1.82) is 0 Å². The van der Waals surface area contributed by atoms with Gasteiger partial charge in [-0.15, -0.1) is 0 Å². The lowest BCUT2D eigenvalue weighted by molar-refractivity contribution is -0.405. The molecule has 0 aromatic carbocycles. The molecule has 0 aliphatic rings. The third kappa shape index (κ3) is 1.64. The van der Waals surface area contributed by atoms with Gasteiger partial charge in [0, 0.05) is 4.98 Å². The van der Waals surface area contributed by atoms with E-state index < -0.39 is 43.6 Å². The number of hydrogen-bond acceptors (Lipinski definition) is 9. The molecular formula is C5HN7O6. The summed E-state index contributed by atoms with van der Waals surface area (Å²) in [5.74, 6) is -2.83. The molecule has 0 unspecified atom stereocenters. The number of nitro groups is 3. The van der Waals surface area contributed by atoms with E-state index >= 15 is 0 Å². The van der Waals surface area contributed by atoms with Crippen LogP contribution in [0.3, 0.4) is 0 Å². The van der Waals surface area contributed by atoms with Crippen molar-refractivity contribution in [3.63, 3.8) is 0 Å². The molecule has 2 heterocycles. The average molecular weight is 255 g/mol. The van der Waals surface area contributed by atoms with Gasteiger partial charge in [-0.05, 0) is 24.7 Å². The van der Waals surface area contributed by atoms with Crippen LogP contribution in [0.4, 0.5) is 17.7 Å². The fraction of sp³-hybridized carbons (Fsp3) is 0. The fourth-order valence-electron chi connectivity index (χ4n) is 1.16. The maximum absolute atomic E-state index is 10.6. The van der Waals surface area contributed by atoms with Crippen LogP contribution in [0, 0.1) is 30.3 Å². The topological polar surface area (TPSA) is 184 Å². The van der Waals surface area contributed by atoms with E-state index in [-0.39, 0.29) is 0 Å². The van der Waals surface area contributed by atoms with Crippen LogP contribution in [0.15, 0.2) is 0 Å². The van der Waals surface area contributed by atoms with Crippen molar-refractivity contribution in [1.82, 2.24) is 19.9 Å². The Morgan fingerprint density at radius 1 is 0.889 bits per heavy atom. The summed E-state index contributed by atoms with van der Waals surface area (Å²) in [5.41, 5.74) is -0.965. The summed E-state index contributed by atoms with van der Waals surface area (Å²) >= 11 is 0. The first kappa shape index (κ1) is 11.2. The number of imidazole rings is 1.